The Morgan fingerprint density at radius 3 is 2.75 bits per heavy atom. The Bertz CT molecular complexity index is 98.6. The van der Waals surface area contributed by atoms with Crippen LogP contribution in [0.5, 0.6) is 0 Å². The van der Waals surface area contributed by atoms with E-state index in [2.05, 4.69) is 5.32 Å². The average molecular weight is 109 g/mol. The Balaban J connectivity index is 2.35. The molecule has 8 heavy (non-hydrogen) atoms. The number of hydrogen-bond acceptors (Lipinski definition) is 2. The molecule has 1 saturated heterocycles. The Kier molecular flexibility index (Phi) is 1.68. The molecular formula is C5H8BNO. The highest BCUT2D eigenvalue weighted by Crippen LogP contribution is 2.03. The van der Waals surface area contributed by atoms with Gasteiger partial charge in [0, 0.05) is 0 Å². The van der Waals surface area contributed by atoms with Crippen molar-refractivity contribution in [3.05, 3.63) is 0 Å². The molecule has 2 nitrogen and oxygen atoms in total. The lowest BCUT2D eigenvalue weighted by molar-refractivity contribution is -0.113. The summed E-state index contributed by atoms with van der Waals surface area (Å²) in [4.78, 5) is 10.4. The van der Waals surface area contributed by atoms with Crippen molar-refractivity contribution in [2.75, 3.05) is 6.54 Å². The van der Waals surface area contributed by atoms with E-state index in [4.69, 9.17) is 7.85 Å². The van der Waals surface area contributed by atoms with E-state index in [1.807, 2.05) is 0 Å². The molecule has 0 aromatic rings. The van der Waals surface area contributed by atoms with Crippen molar-refractivity contribution >= 4 is 13.5 Å². The maximum Gasteiger partial charge on any atom is 0.170 e. The lowest BCUT2D eigenvalue weighted by atomic mass is 9.94. The average Bonchev–Trinajstić information content (AvgIpc) is 2.12. The summed E-state index contributed by atoms with van der Waals surface area (Å²) in [5.41, 5.74) is -0.220. The smallest absolute Gasteiger partial charge is 0.170 e. The fourth-order valence-electron chi connectivity index (χ4n) is 0.927. The van der Waals surface area contributed by atoms with Gasteiger partial charge in [-0.2, -0.15) is 0 Å². The second-order valence-corrected chi connectivity index (χ2v) is 2.05. The monoisotopic (exact) mass is 109 g/mol. The predicted octanol–water partition coefficient (Wildman–Crippen LogP) is -0.567. The maximum atomic E-state index is 10.4. The zero-order valence-corrected chi connectivity index (χ0v) is 4.68. The summed E-state index contributed by atoms with van der Waals surface area (Å²) in [5, 5.41) is 2.98. The van der Waals surface area contributed by atoms with E-state index in [1.54, 1.807) is 0 Å². The Morgan fingerprint density at radius 2 is 2.50 bits per heavy atom. The molecule has 1 rings (SSSR count). The summed E-state index contributed by atoms with van der Waals surface area (Å²) >= 11 is 0. The summed E-state index contributed by atoms with van der Waals surface area (Å²) < 4.78 is 0. The molecule has 2 radical (unpaired) electrons. The molecular weight excluding hydrogens is 101 g/mol. The van der Waals surface area contributed by atoms with Crippen molar-refractivity contribution in [2.45, 2.75) is 18.9 Å². The lowest BCUT2D eigenvalue weighted by Crippen LogP contribution is -2.30. The summed E-state index contributed by atoms with van der Waals surface area (Å²) in [6.07, 6.45) is 1.99. The molecule has 1 atom stereocenters. The molecule has 3 heteroatoms. The van der Waals surface area contributed by atoms with Gasteiger partial charge in [-0.15, -0.1) is 0 Å². The van der Waals surface area contributed by atoms with Crippen molar-refractivity contribution in [3.8, 4) is 0 Å². The van der Waals surface area contributed by atoms with E-state index in [9.17, 15) is 4.79 Å². The molecule has 42 valence electrons. The third-order valence-electron chi connectivity index (χ3n) is 1.40. The third-order valence-corrected chi connectivity index (χ3v) is 1.40. The largest absolute Gasteiger partial charge is 0.311 e. The minimum atomic E-state index is -0.220. The number of carbonyl (C=O) groups is 1. The van der Waals surface area contributed by atoms with Crippen LogP contribution in [0.3, 0.4) is 0 Å². The van der Waals surface area contributed by atoms with Gasteiger partial charge in [-0.3, -0.25) is 0 Å². The first kappa shape index (κ1) is 5.82. The van der Waals surface area contributed by atoms with Gasteiger partial charge in [-0.1, -0.05) is 0 Å². The molecule has 0 spiro atoms. The van der Waals surface area contributed by atoms with E-state index in [1.165, 1.54) is 0 Å². The van der Waals surface area contributed by atoms with E-state index in [0.717, 1.165) is 19.4 Å². The standard InChI is InChI=1S/C5H8BNO/c6-5(8)4-2-1-3-7-4/h4,7H,1-3H2/t4-/m0/s1. The van der Waals surface area contributed by atoms with Crippen LogP contribution in [0, 0.1) is 0 Å². The fraction of sp³-hybridized carbons (Fsp3) is 0.800. The van der Waals surface area contributed by atoms with Crippen LogP contribution in [0.1, 0.15) is 12.8 Å². The Morgan fingerprint density at radius 1 is 1.75 bits per heavy atom. The topological polar surface area (TPSA) is 29.1 Å². The molecule has 0 bridgehead atoms. The van der Waals surface area contributed by atoms with Crippen molar-refractivity contribution in [1.82, 2.24) is 5.32 Å². The van der Waals surface area contributed by atoms with Crippen molar-refractivity contribution in [2.24, 2.45) is 0 Å². The molecule has 0 aromatic carbocycles. The molecule has 0 saturated carbocycles. The minimum Gasteiger partial charge on any atom is -0.311 e. The van der Waals surface area contributed by atoms with Gasteiger partial charge in [-0.05, 0) is 19.4 Å². The molecule has 1 aliphatic heterocycles. The van der Waals surface area contributed by atoms with Crippen LogP contribution in [0.4, 0.5) is 0 Å². The molecule has 0 unspecified atom stereocenters. The van der Waals surface area contributed by atoms with Gasteiger partial charge in [-0.25, -0.2) is 0 Å². The molecule has 1 fully saturated rings. The SMILES string of the molecule is [B]C(=O)[C@@H]1CCCN1. The number of nitrogens with one attached hydrogen (secondary N) is 1. The summed E-state index contributed by atoms with van der Waals surface area (Å²) in [7, 11) is 5.00. The molecule has 1 aliphatic rings. The zero-order chi connectivity index (χ0) is 5.98. The highest BCUT2D eigenvalue weighted by Gasteiger charge is 2.16. The molecule has 1 N–H and O–H groups in total. The van der Waals surface area contributed by atoms with Crippen molar-refractivity contribution in [3.63, 3.8) is 0 Å². The van der Waals surface area contributed by atoms with Gasteiger partial charge in [0.1, 0.15) is 0 Å². The van der Waals surface area contributed by atoms with Gasteiger partial charge in [0.05, 0.1) is 11.7 Å². The summed E-state index contributed by atoms with van der Waals surface area (Å²) in [6.45, 7) is 0.938. The molecule has 1 heterocycles. The number of carbonyl (C=O) groups excluding carboxylic acids is 1. The van der Waals surface area contributed by atoms with Gasteiger partial charge < -0.3 is 10.1 Å². The van der Waals surface area contributed by atoms with Crippen LogP contribution in [0.25, 0.3) is 0 Å². The van der Waals surface area contributed by atoms with Crippen LogP contribution in [0.2, 0.25) is 0 Å². The highest BCUT2D eigenvalue weighted by atomic mass is 16.1. The summed E-state index contributed by atoms with van der Waals surface area (Å²) in [5.74, 6) is 0. The second kappa shape index (κ2) is 2.31. The highest BCUT2D eigenvalue weighted by molar-refractivity contribution is 6.59. The lowest BCUT2D eigenvalue weighted by Gasteiger charge is -2.02. The van der Waals surface area contributed by atoms with Crippen molar-refractivity contribution in [1.29, 1.82) is 0 Å². The van der Waals surface area contributed by atoms with Crippen LogP contribution >= 0.6 is 0 Å². The molecule has 0 aliphatic carbocycles. The number of rotatable bonds is 1. The van der Waals surface area contributed by atoms with Crippen LogP contribution in [0.15, 0.2) is 0 Å². The van der Waals surface area contributed by atoms with E-state index in [-0.39, 0.29) is 11.7 Å². The van der Waals surface area contributed by atoms with Gasteiger partial charge in [0.2, 0.25) is 0 Å². The molecule has 0 amide bonds. The van der Waals surface area contributed by atoms with E-state index >= 15 is 0 Å². The first-order valence-electron chi connectivity index (χ1n) is 2.83. The quantitative estimate of drug-likeness (QED) is 0.457. The predicted molar refractivity (Wildman–Crippen MR) is 31.8 cm³/mol. The Labute approximate surface area is 50.1 Å². The van der Waals surface area contributed by atoms with E-state index < -0.39 is 0 Å². The summed E-state index contributed by atoms with van der Waals surface area (Å²) in [6, 6.07) is -0.0463. The van der Waals surface area contributed by atoms with Crippen LogP contribution in [-0.4, -0.2) is 26.1 Å². The van der Waals surface area contributed by atoms with Gasteiger partial charge in [0.15, 0.2) is 7.85 Å². The first-order valence-corrected chi connectivity index (χ1v) is 2.83. The fourth-order valence-corrected chi connectivity index (χ4v) is 0.927. The minimum absolute atomic E-state index is 0.0463. The second-order valence-electron chi connectivity index (χ2n) is 2.05. The molecule has 0 aromatic heterocycles. The van der Waals surface area contributed by atoms with Gasteiger partial charge in [0.25, 0.3) is 0 Å². The first-order chi connectivity index (χ1) is 3.80. The Hall–Kier alpha value is -0.305. The van der Waals surface area contributed by atoms with E-state index in [0.29, 0.717) is 0 Å². The zero-order valence-electron chi connectivity index (χ0n) is 4.68. The van der Waals surface area contributed by atoms with Crippen LogP contribution in [-0.2, 0) is 4.79 Å². The van der Waals surface area contributed by atoms with Crippen LogP contribution < -0.4 is 5.32 Å². The maximum absolute atomic E-state index is 10.4. The van der Waals surface area contributed by atoms with Crippen molar-refractivity contribution < 1.29 is 4.79 Å². The normalized spacial score (nSPS) is 28.2. The number of hydrogen-bond donors (Lipinski definition) is 1. The third kappa shape index (κ3) is 1.10. The van der Waals surface area contributed by atoms with Gasteiger partial charge >= 0.3 is 0 Å².